The Bertz CT molecular complexity index is 270. The molecule has 0 N–H and O–H groups in total. The zero-order chi connectivity index (χ0) is 8.97. The van der Waals surface area contributed by atoms with E-state index < -0.39 is 0 Å². The first-order chi connectivity index (χ1) is 5.74. The number of carbonyl (C=O) groups is 1. The molecule has 0 bridgehead atoms. The van der Waals surface area contributed by atoms with Crippen LogP contribution in [0.1, 0.15) is 23.9 Å². The molecule has 0 atom stereocenters. The molecule has 0 saturated carbocycles. The van der Waals surface area contributed by atoms with Crippen LogP contribution in [0.5, 0.6) is 0 Å². The first-order valence-corrected chi connectivity index (χ1v) is 4.66. The monoisotopic (exact) mass is 185 g/mol. The molecular formula is C8H11NO2S. The number of rotatable bonds is 3. The van der Waals surface area contributed by atoms with E-state index in [1.165, 1.54) is 11.3 Å². The van der Waals surface area contributed by atoms with Crippen LogP contribution in [0.25, 0.3) is 0 Å². The van der Waals surface area contributed by atoms with Gasteiger partial charge in [-0.25, -0.2) is 4.98 Å². The lowest BCUT2D eigenvalue weighted by Crippen LogP contribution is -2.01. The van der Waals surface area contributed by atoms with Gasteiger partial charge in [-0.1, -0.05) is 6.92 Å². The van der Waals surface area contributed by atoms with Crippen LogP contribution in [0.15, 0.2) is 5.51 Å². The highest BCUT2D eigenvalue weighted by Gasteiger charge is 2.03. The second-order valence-electron chi connectivity index (χ2n) is 2.38. The molecule has 0 aliphatic carbocycles. The van der Waals surface area contributed by atoms with Crippen molar-refractivity contribution in [3.8, 4) is 0 Å². The molecule has 1 heterocycles. The minimum Gasteiger partial charge on any atom is -0.460 e. The number of hydrogen-bond donors (Lipinski definition) is 0. The summed E-state index contributed by atoms with van der Waals surface area (Å²) < 4.78 is 4.95. The van der Waals surface area contributed by atoms with Gasteiger partial charge >= 0.3 is 5.97 Å². The van der Waals surface area contributed by atoms with E-state index >= 15 is 0 Å². The van der Waals surface area contributed by atoms with Crippen molar-refractivity contribution in [1.82, 2.24) is 4.98 Å². The quantitative estimate of drug-likeness (QED) is 0.675. The summed E-state index contributed by atoms with van der Waals surface area (Å²) >= 11 is 1.51. The summed E-state index contributed by atoms with van der Waals surface area (Å²) in [7, 11) is 0. The minimum absolute atomic E-state index is 0.164. The normalized spacial score (nSPS) is 9.83. The van der Waals surface area contributed by atoms with Crippen molar-refractivity contribution >= 4 is 17.3 Å². The highest BCUT2D eigenvalue weighted by Crippen LogP contribution is 2.13. The smallest absolute Gasteiger partial charge is 0.305 e. The topological polar surface area (TPSA) is 39.2 Å². The van der Waals surface area contributed by atoms with Gasteiger partial charge in [0.25, 0.3) is 0 Å². The first kappa shape index (κ1) is 9.19. The molecule has 1 aromatic rings. The maximum atomic E-state index is 10.8. The molecule has 12 heavy (non-hydrogen) atoms. The van der Waals surface area contributed by atoms with E-state index in [0.717, 1.165) is 10.6 Å². The van der Waals surface area contributed by atoms with Crippen LogP contribution in [-0.2, 0) is 16.1 Å². The summed E-state index contributed by atoms with van der Waals surface area (Å²) in [6.07, 6.45) is 0.428. The van der Waals surface area contributed by atoms with E-state index in [1.54, 1.807) is 12.4 Å². The highest BCUT2D eigenvalue weighted by molar-refractivity contribution is 7.09. The Balaban J connectivity index is 2.43. The largest absolute Gasteiger partial charge is 0.460 e. The fraction of sp³-hybridized carbons (Fsp3) is 0.500. The zero-order valence-corrected chi connectivity index (χ0v) is 7.98. The molecule has 0 saturated heterocycles. The molecule has 0 spiro atoms. The van der Waals surface area contributed by atoms with Crippen molar-refractivity contribution in [2.24, 2.45) is 0 Å². The summed E-state index contributed by atoms with van der Waals surface area (Å²) in [6.45, 7) is 4.05. The number of carbonyl (C=O) groups excluding carboxylic acids is 1. The highest BCUT2D eigenvalue weighted by atomic mass is 32.1. The van der Waals surface area contributed by atoms with Gasteiger partial charge in [0, 0.05) is 6.42 Å². The minimum atomic E-state index is -0.164. The second-order valence-corrected chi connectivity index (χ2v) is 3.31. The Morgan fingerprint density at radius 1 is 1.75 bits per heavy atom. The van der Waals surface area contributed by atoms with Gasteiger partial charge in [-0.2, -0.15) is 0 Å². The first-order valence-electron chi connectivity index (χ1n) is 3.78. The molecular weight excluding hydrogens is 174 g/mol. The average molecular weight is 185 g/mol. The SMILES string of the molecule is CCC(=O)OCc1scnc1C. The van der Waals surface area contributed by atoms with Gasteiger partial charge in [0.1, 0.15) is 6.61 Å². The maximum Gasteiger partial charge on any atom is 0.305 e. The van der Waals surface area contributed by atoms with Gasteiger partial charge < -0.3 is 4.74 Å². The van der Waals surface area contributed by atoms with Gasteiger partial charge in [-0.05, 0) is 6.92 Å². The molecule has 3 nitrogen and oxygen atoms in total. The van der Waals surface area contributed by atoms with E-state index in [4.69, 9.17) is 4.74 Å². The predicted molar refractivity (Wildman–Crippen MR) is 46.9 cm³/mol. The van der Waals surface area contributed by atoms with Crippen LogP contribution in [0.3, 0.4) is 0 Å². The van der Waals surface area contributed by atoms with E-state index in [9.17, 15) is 4.79 Å². The third-order valence-corrected chi connectivity index (χ3v) is 2.41. The van der Waals surface area contributed by atoms with Gasteiger partial charge in [0.05, 0.1) is 16.1 Å². The van der Waals surface area contributed by atoms with E-state index in [0.29, 0.717) is 13.0 Å². The Hall–Kier alpha value is -0.900. The molecule has 1 rings (SSSR count). The molecule has 0 unspecified atom stereocenters. The average Bonchev–Trinajstić information content (AvgIpc) is 2.47. The van der Waals surface area contributed by atoms with Crippen molar-refractivity contribution in [3.05, 3.63) is 16.1 Å². The van der Waals surface area contributed by atoms with Crippen molar-refractivity contribution in [2.45, 2.75) is 26.9 Å². The Labute approximate surface area is 75.4 Å². The van der Waals surface area contributed by atoms with E-state index in [2.05, 4.69) is 4.98 Å². The third-order valence-electron chi connectivity index (χ3n) is 1.50. The van der Waals surface area contributed by atoms with E-state index in [-0.39, 0.29) is 5.97 Å². The number of aromatic nitrogens is 1. The number of aryl methyl sites for hydroxylation is 1. The number of hydrogen-bond acceptors (Lipinski definition) is 4. The maximum absolute atomic E-state index is 10.8. The lowest BCUT2D eigenvalue weighted by atomic mass is 10.4. The lowest BCUT2D eigenvalue weighted by molar-refractivity contribution is -0.144. The second kappa shape index (κ2) is 4.21. The van der Waals surface area contributed by atoms with Gasteiger partial charge in [0.15, 0.2) is 0 Å². The molecule has 66 valence electrons. The molecule has 0 aliphatic rings. The van der Waals surface area contributed by atoms with Crippen LogP contribution >= 0.6 is 11.3 Å². The predicted octanol–water partition coefficient (Wildman–Crippen LogP) is 1.90. The van der Waals surface area contributed by atoms with Crippen LogP contribution in [0.2, 0.25) is 0 Å². The van der Waals surface area contributed by atoms with Crippen molar-refractivity contribution < 1.29 is 9.53 Å². The summed E-state index contributed by atoms with van der Waals surface area (Å²) in [5.74, 6) is -0.164. The van der Waals surface area contributed by atoms with Crippen molar-refractivity contribution in [3.63, 3.8) is 0 Å². The van der Waals surface area contributed by atoms with Crippen LogP contribution in [0, 0.1) is 6.92 Å². The summed E-state index contributed by atoms with van der Waals surface area (Å²) in [4.78, 5) is 15.9. The Morgan fingerprint density at radius 2 is 2.50 bits per heavy atom. The van der Waals surface area contributed by atoms with Crippen molar-refractivity contribution in [1.29, 1.82) is 0 Å². The van der Waals surface area contributed by atoms with Crippen LogP contribution in [0.4, 0.5) is 0 Å². The summed E-state index contributed by atoms with van der Waals surface area (Å²) in [6, 6.07) is 0. The van der Waals surface area contributed by atoms with Gasteiger partial charge in [-0.15, -0.1) is 11.3 Å². The summed E-state index contributed by atoms with van der Waals surface area (Å²) in [5, 5.41) is 0. The number of ether oxygens (including phenoxy) is 1. The Morgan fingerprint density at radius 3 is 3.00 bits per heavy atom. The summed E-state index contributed by atoms with van der Waals surface area (Å²) in [5.41, 5.74) is 2.70. The number of nitrogens with zero attached hydrogens (tertiary/aromatic N) is 1. The van der Waals surface area contributed by atoms with Crippen LogP contribution < -0.4 is 0 Å². The molecule has 0 radical (unpaired) electrons. The standard InChI is InChI=1S/C8H11NO2S/c1-3-8(10)11-4-7-6(2)9-5-12-7/h5H,3-4H2,1-2H3. The fourth-order valence-electron chi connectivity index (χ4n) is 0.713. The van der Waals surface area contributed by atoms with Gasteiger partial charge in [0.2, 0.25) is 0 Å². The number of thiazole rings is 1. The molecule has 0 aromatic carbocycles. The molecule has 0 aliphatic heterocycles. The third kappa shape index (κ3) is 2.30. The van der Waals surface area contributed by atoms with Crippen molar-refractivity contribution in [2.75, 3.05) is 0 Å². The fourth-order valence-corrected chi connectivity index (χ4v) is 1.40. The Kier molecular flexibility index (Phi) is 3.22. The molecule has 0 fully saturated rings. The molecule has 0 amide bonds. The zero-order valence-electron chi connectivity index (χ0n) is 7.16. The van der Waals surface area contributed by atoms with Crippen LogP contribution in [-0.4, -0.2) is 11.0 Å². The molecule has 4 heteroatoms. The number of esters is 1. The molecule has 1 aromatic heterocycles. The van der Waals surface area contributed by atoms with Gasteiger partial charge in [-0.3, -0.25) is 4.79 Å². The lowest BCUT2D eigenvalue weighted by Gasteiger charge is -2.00. The van der Waals surface area contributed by atoms with E-state index in [1.807, 2.05) is 6.92 Å².